The van der Waals surface area contributed by atoms with Crippen LogP contribution < -0.4 is 10.1 Å². The van der Waals surface area contributed by atoms with Crippen molar-refractivity contribution in [2.45, 2.75) is 38.6 Å². The Bertz CT molecular complexity index is 1180. The van der Waals surface area contributed by atoms with Crippen molar-refractivity contribution < 1.29 is 27.1 Å². The second kappa shape index (κ2) is 8.00. The molecule has 1 amide bonds. The third-order valence-corrected chi connectivity index (χ3v) is 6.80. The molecule has 2 aliphatic rings. The van der Waals surface area contributed by atoms with Gasteiger partial charge < -0.3 is 10.1 Å². The van der Waals surface area contributed by atoms with Crippen molar-refractivity contribution in [1.29, 1.82) is 0 Å². The quantitative estimate of drug-likeness (QED) is 0.517. The first kappa shape index (κ1) is 21.7. The summed E-state index contributed by atoms with van der Waals surface area (Å²) in [5.41, 5.74) is 0.649. The van der Waals surface area contributed by atoms with Crippen molar-refractivity contribution in [3.05, 3.63) is 48.5 Å². The molecule has 2 aliphatic carbocycles. The Kier molecular flexibility index (Phi) is 5.25. The van der Waals surface area contributed by atoms with Crippen LogP contribution in [0.5, 0.6) is 5.75 Å². The topological polar surface area (TPSA) is 69.0 Å². The van der Waals surface area contributed by atoms with Gasteiger partial charge in [-0.05, 0) is 61.3 Å². The van der Waals surface area contributed by atoms with Gasteiger partial charge in [0.2, 0.25) is 5.91 Å². The summed E-state index contributed by atoms with van der Waals surface area (Å²) in [5, 5.41) is 6.27. The van der Waals surface area contributed by atoms with Gasteiger partial charge in [-0.3, -0.25) is 9.78 Å². The molecule has 3 aromatic rings. The van der Waals surface area contributed by atoms with Gasteiger partial charge >= 0.3 is 6.30 Å². The maximum Gasteiger partial charge on any atom is 0.506 e. The number of ether oxygens (including phenoxy) is 1. The van der Waals surface area contributed by atoms with Crippen LogP contribution in [0, 0.1) is 29.5 Å². The van der Waals surface area contributed by atoms with Crippen LogP contribution in [-0.2, 0) is 11.1 Å². The third kappa shape index (κ3) is 4.02. The second-order valence-electron chi connectivity index (χ2n) is 8.69. The zero-order valence-corrected chi connectivity index (χ0v) is 17.7. The highest BCUT2D eigenvalue weighted by Crippen LogP contribution is 2.62. The number of alkyl halides is 3. The Morgan fingerprint density at radius 1 is 1.21 bits per heavy atom. The molecule has 2 saturated carbocycles. The van der Waals surface area contributed by atoms with Crippen LogP contribution in [0.15, 0.2) is 42.7 Å². The van der Waals surface area contributed by atoms with Crippen molar-refractivity contribution >= 4 is 22.6 Å². The molecule has 33 heavy (non-hydrogen) atoms. The van der Waals surface area contributed by atoms with Crippen LogP contribution in [0.4, 0.5) is 23.4 Å². The second-order valence-corrected chi connectivity index (χ2v) is 8.69. The molecule has 0 bridgehead atoms. The Labute approximate surface area is 186 Å². The van der Waals surface area contributed by atoms with Crippen molar-refractivity contribution in [1.82, 2.24) is 14.8 Å². The summed E-state index contributed by atoms with van der Waals surface area (Å²) in [7, 11) is 0. The molecule has 1 N–H and O–H groups in total. The molecule has 174 valence electrons. The van der Waals surface area contributed by atoms with Gasteiger partial charge in [-0.2, -0.15) is 9.78 Å². The number of anilines is 1. The summed E-state index contributed by atoms with van der Waals surface area (Å²) in [4.78, 5) is 17.0. The smallest absolute Gasteiger partial charge is 0.490 e. The number of amides is 1. The minimum Gasteiger partial charge on any atom is -0.490 e. The van der Waals surface area contributed by atoms with E-state index in [1.165, 1.54) is 12.1 Å². The largest absolute Gasteiger partial charge is 0.506 e. The number of nitrogens with one attached hydrogen (secondary N) is 1. The molecule has 2 aromatic heterocycles. The highest BCUT2D eigenvalue weighted by Gasteiger charge is 2.60. The van der Waals surface area contributed by atoms with Gasteiger partial charge in [-0.25, -0.2) is 4.39 Å². The van der Waals surface area contributed by atoms with E-state index < -0.39 is 12.2 Å². The number of carbonyl (C=O) groups is 1. The maximum atomic E-state index is 13.7. The van der Waals surface area contributed by atoms with E-state index in [0.717, 1.165) is 25.1 Å². The van der Waals surface area contributed by atoms with Gasteiger partial charge in [-0.15, -0.1) is 13.2 Å². The zero-order valence-electron chi connectivity index (χ0n) is 17.7. The highest BCUT2D eigenvalue weighted by atomic mass is 19.4. The summed E-state index contributed by atoms with van der Waals surface area (Å²) >= 11 is 0. The van der Waals surface area contributed by atoms with E-state index in [-0.39, 0.29) is 46.1 Å². The fourth-order valence-electron chi connectivity index (χ4n) is 5.36. The first-order valence-electron chi connectivity index (χ1n) is 10.9. The number of pyridine rings is 1. The SMILES string of the molecule is CCC(C(=O)Nc1ccnn1C(F)(F)F)[C@H]1[C@@H]2C[C@@H](Oc3ccnc4ccc(F)cc34)C[C@@H]21. The lowest BCUT2D eigenvalue weighted by Gasteiger charge is -2.21. The van der Waals surface area contributed by atoms with E-state index in [1.54, 1.807) is 18.3 Å². The monoisotopic (exact) mass is 462 g/mol. The average Bonchev–Trinajstić information content (AvgIpc) is 3.10. The molecule has 5 rings (SSSR count). The van der Waals surface area contributed by atoms with E-state index in [9.17, 15) is 22.4 Å². The molecule has 5 atom stereocenters. The number of benzene rings is 1. The summed E-state index contributed by atoms with van der Waals surface area (Å²) in [6.07, 6.45) is -0.101. The minimum absolute atomic E-state index is 0.0580. The van der Waals surface area contributed by atoms with E-state index in [2.05, 4.69) is 15.4 Å². The van der Waals surface area contributed by atoms with E-state index in [1.807, 2.05) is 6.92 Å². The van der Waals surface area contributed by atoms with Gasteiger partial charge in [0.25, 0.3) is 0 Å². The van der Waals surface area contributed by atoms with Gasteiger partial charge in [0.15, 0.2) is 0 Å². The Morgan fingerprint density at radius 2 is 1.97 bits per heavy atom. The van der Waals surface area contributed by atoms with Gasteiger partial charge in [0, 0.05) is 23.6 Å². The molecule has 0 saturated heterocycles. The van der Waals surface area contributed by atoms with E-state index in [0.29, 0.717) is 23.1 Å². The molecule has 0 spiro atoms. The van der Waals surface area contributed by atoms with Gasteiger partial charge in [0.1, 0.15) is 17.4 Å². The highest BCUT2D eigenvalue weighted by molar-refractivity contribution is 5.92. The molecular weight excluding hydrogens is 440 g/mol. The molecule has 1 unspecified atom stereocenters. The number of carbonyl (C=O) groups excluding carboxylic acids is 1. The first-order chi connectivity index (χ1) is 15.8. The molecule has 2 fully saturated rings. The van der Waals surface area contributed by atoms with Crippen molar-refractivity contribution in [3.63, 3.8) is 0 Å². The molecule has 2 heterocycles. The average molecular weight is 462 g/mol. The normalized spacial score (nSPS) is 25.0. The number of nitrogens with zero attached hydrogens (tertiary/aromatic N) is 3. The predicted octanol–water partition coefficient (Wildman–Crippen LogP) is 5.12. The van der Waals surface area contributed by atoms with E-state index >= 15 is 0 Å². The molecule has 10 heteroatoms. The van der Waals surface area contributed by atoms with Gasteiger partial charge in [0.05, 0.1) is 17.8 Å². The standard InChI is InChI=1S/C23H22F4N4O2/c1-2-14(22(32)30-20-6-8-29-31(20)23(25,26)27)21-15-10-13(11-16(15)21)33-19-5-7-28-18-4-3-12(24)9-17(18)19/h3-9,13-16,21H,2,10-11H2,1H3,(H,30,32)/t13-,14?,15-,16+,21+. The number of halogens is 4. The van der Waals surface area contributed by atoms with Crippen LogP contribution in [0.1, 0.15) is 26.2 Å². The van der Waals surface area contributed by atoms with Crippen LogP contribution in [0.2, 0.25) is 0 Å². The summed E-state index contributed by atoms with van der Waals surface area (Å²) in [6.45, 7) is 1.87. The molecule has 6 nitrogen and oxygen atoms in total. The van der Waals surface area contributed by atoms with Crippen LogP contribution in [0.25, 0.3) is 10.9 Å². The Hall–Kier alpha value is -3.17. The molecule has 1 aromatic carbocycles. The van der Waals surface area contributed by atoms with Crippen LogP contribution >= 0.6 is 0 Å². The van der Waals surface area contributed by atoms with Crippen molar-refractivity contribution in [2.24, 2.45) is 23.7 Å². The van der Waals surface area contributed by atoms with Crippen molar-refractivity contribution in [3.8, 4) is 5.75 Å². The fourth-order valence-corrected chi connectivity index (χ4v) is 5.36. The number of fused-ring (bicyclic) bond motifs is 2. The zero-order chi connectivity index (χ0) is 23.3. The van der Waals surface area contributed by atoms with E-state index in [4.69, 9.17) is 4.74 Å². The number of hydrogen-bond acceptors (Lipinski definition) is 4. The lowest BCUT2D eigenvalue weighted by atomic mass is 9.93. The Morgan fingerprint density at radius 3 is 2.67 bits per heavy atom. The maximum absolute atomic E-state index is 13.7. The molecule has 0 aliphatic heterocycles. The summed E-state index contributed by atoms with van der Waals surface area (Å²) < 4.78 is 58.8. The molecule has 0 radical (unpaired) electrons. The van der Waals surface area contributed by atoms with Crippen molar-refractivity contribution in [2.75, 3.05) is 5.32 Å². The summed E-state index contributed by atoms with van der Waals surface area (Å²) in [5.74, 6) is -0.292. The summed E-state index contributed by atoms with van der Waals surface area (Å²) in [6, 6.07) is 7.22. The van der Waals surface area contributed by atoms with Gasteiger partial charge in [-0.1, -0.05) is 6.92 Å². The molecular formula is C23H22F4N4O2. The fraction of sp³-hybridized carbons (Fsp3) is 0.435. The predicted molar refractivity (Wildman–Crippen MR) is 112 cm³/mol. The number of aromatic nitrogens is 3. The first-order valence-corrected chi connectivity index (χ1v) is 10.9. The number of hydrogen-bond donors (Lipinski definition) is 1. The lowest BCUT2D eigenvalue weighted by molar-refractivity contribution is -0.210. The third-order valence-electron chi connectivity index (χ3n) is 6.80. The van der Waals surface area contributed by atoms with Crippen LogP contribution in [0.3, 0.4) is 0 Å². The minimum atomic E-state index is -4.70. The number of rotatable bonds is 6. The lowest BCUT2D eigenvalue weighted by Crippen LogP contribution is -2.30. The van der Waals surface area contributed by atoms with Crippen LogP contribution in [-0.4, -0.2) is 26.8 Å². The Balaban J connectivity index is 1.23.